The van der Waals surface area contributed by atoms with E-state index in [0.717, 1.165) is 34.6 Å². The van der Waals surface area contributed by atoms with Gasteiger partial charge in [0.15, 0.2) is 5.75 Å². The summed E-state index contributed by atoms with van der Waals surface area (Å²) in [5, 5.41) is 8.60. The van der Waals surface area contributed by atoms with Gasteiger partial charge in [-0.1, -0.05) is 6.92 Å². The highest BCUT2D eigenvalue weighted by molar-refractivity contribution is 9.10. The molecule has 0 fully saturated rings. The van der Waals surface area contributed by atoms with Crippen LogP contribution in [-0.4, -0.2) is 19.6 Å². The Morgan fingerprint density at radius 2 is 2.17 bits per heavy atom. The second-order valence-corrected chi connectivity index (χ2v) is 4.80. The molecule has 0 aliphatic carbocycles. The lowest BCUT2D eigenvalue weighted by atomic mass is 10.3. The number of hydrogen-bond acceptors (Lipinski definition) is 3. The molecular formula is C12H17BrN4O. The molecule has 2 rings (SSSR count). The first kappa shape index (κ1) is 13.1. The van der Waals surface area contributed by atoms with Crippen molar-refractivity contribution in [2.24, 2.45) is 7.05 Å². The summed E-state index contributed by atoms with van der Waals surface area (Å²) in [7, 11) is 1.93. The van der Waals surface area contributed by atoms with Crippen LogP contribution in [-0.2, 0) is 26.6 Å². The molecule has 0 amide bonds. The average Bonchev–Trinajstić information content (AvgIpc) is 2.93. The van der Waals surface area contributed by atoms with Gasteiger partial charge in [-0.25, -0.2) is 0 Å². The van der Waals surface area contributed by atoms with E-state index in [1.165, 1.54) is 0 Å². The minimum Gasteiger partial charge on any atom is -0.484 e. The summed E-state index contributed by atoms with van der Waals surface area (Å²) in [6.45, 7) is 5.46. The summed E-state index contributed by atoms with van der Waals surface area (Å²) >= 11 is 3.57. The zero-order valence-electron chi connectivity index (χ0n) is 10.9. The molecule has 0 N–H and O–H groups in total. The second kappa shape index (κ2) is 5.56. The SMILES string of the molecule is CCc1nn(C)c(COc2cnn(CC)c2)c1Br. The predicted molar refractivity (Wildman–Crippen MR) is 72.5 cm³/mol. The lowest BCUT2D eigenvalue weighted by molar-refractivity contribution is 0.293. The molecule has 0 radical (unpaired) electrons. The second-order valence-electron chi connectivity index (χ2n) is 4.00. The van der Waals surface area contributed by atoms with E-state index in [-0.39, 0.29) is 0 Å². The molecule has 5 nitrogen and oxygen atoms in total. The predicted octanol–water partition coefficient (Wildman–Crippen LogP) is 2.54. The molecule has 0 aliphatic rings. The molecule has 2 aromatic rings. The molecular weight excluding hydrogens is 296 g/mol. The van der Waals surface area contributed by atoms with Crippen molar-refractivity contribution in [3.05, 3.63) is 28.3 Å². The van der Waals surface area contributed by atoms with E-state index in [1.807, 2.05) is 29.5 Å². The highest BCUT2D eigenvalue weighted by Gasteiger charge is 2.13. The van der Waals surface area contributed by atoms with Crippen LogP contribution in [0.15, 0.2) is 16.9 Å². The Balaban J connectivity index is 2.08. The maximum Gasteiger partial charge on any atom is 0.157 e. The minimum atomic E-state index is 0.486. The van der Waals surface area contributed by atoms with Crippen LogP contribution in [0.4, 0.5) is 0 Å². The normalized spacial score (nSPS) is 10.9. The maximum absolute atomic E-state index is 5.72. The molecule has 0 spiro atoms. The van der Waals surface area contributed by atoms with Gasteiger partial charge in [0.1, 0.15) is 6.61 Å². The van der Waals surface area contributed by atoms with Crippen LogP contribution in [0, 0.1) is 0 Å². The van der Waals surface area contributed by atoms with Gasteiger partial charge in [-0.15, -0.1) is 0 Å². The summed E-state index contributed by atoms with van der Waals surface area (Å²) in [5.41, 5.74) is 2.09. The van der Waals surface area contributed by atoms with E-state index in [1.54, 1.807) is 6.20 Å². The fraction of sp³-hybridized carbons (Fsp3) is 0.500. The minimum absolute atomic E-state index is 0.486. The van der Waals surface area contributed by atoms with E-state index in [4.69, 9.17) is 4.74 Å². The topological polar surface area (TPSA) is 44.9 Å². The van der Waals surface area contributed by atoms with E-state index in [9.17, 15) is 0 Å². The van der Waals surface area contributed by atoms with Crippen molar-refractivity contribution < 1.29 is 4.74 Å². The zero-order valence-corrected chi connectivity index (χ0v) is 12.4. The van der Waals surface area contributed by atoms with Crippen LogP contribution in [0.1, 0.15) is 25.2 Å². The number of ether oxygens (including phenoxy) is 1. The molecule has 0 bridgehead atoms. The highest BCUT2D eigenvalue weighted by atomic mass is 79.9. The van der Waals surface area contributed by atoms with Crippen molar-refractivity contribution in [3.63, 3.8) is 0 Å². The van der Waals surface area contributed by atoms with Gasteiger partial charge in [-0.2, -0.15) is 10.2 Å². The van der Waals surface area contributed by atoms with Crippen LogP contribution in [0.2, 0.25) is 0 Å². The van der Waals surface area contributed by atoms with E-state index in [2.05, 4.69) is 33.1 Å². The molecule has 0 saturated carbocycles. The smallest absolute Gasteiger partial charge is 0.157 e. The maximum atomic E-state index is 5.72. The molecule has 18 heavy (non-hydrogen) atoms. The standard InChI is InChI=1S/C12H17BrN4O/c1-4-10-12(13)11(16(3)15-10)8-18-9-6-14-17(5-2)7-9/h6-7H,4-5,8H2,1-3H3. The van der Waals surface area contributed by atoms with Crippen LogP contribution in [0.25, 0.3) is 0 Å². The largest absolute Gasteiger partial charge is 0.484 e. The Bertz CT molecular complexity index is 532. The van der Waals surface area contributed by atoms with Crippen molar-refractivity contribution >= 4 is 15.9 Å². The third kappa shape index (κ3) is 2.58. The molecule has 98 valence electrons. The summed E-state index contributed by atoms with van der Waals surface area (Å²) in [6.07, 6.45) is 4.53. The lowest BCUT2D eigenvalue weighted by Gasteiger charge is -2.04. The zero-order chi connectivity index (χ0) is 13.1. The first-order valence-electron chi connectivity index (χ1n) is 6.01. The number of halogens is 1. The number of nitrogens with zero attached hydrogens (tertiary/aromatic N) is 4. The Morgan fingerprint density at radius 3 is 2.72 bits per heavy atom. The molecule has 2 aromatic heterocycles. The van der Waals surface area contributed by atoms with Gasteiger partial charge < -0.3 is 4.74 Å². The third-order valence-corrected chi connectivity index (χ3v) is 3.73. The van der Waals surface area contributed by atoms with Crippen molar-refractivity contribution in [1.29, 1.82) is 0 Å². The van der Waals surface area contributed by atoms with Crippen LogP contribution in [0.5, 0.6) is 5.75 Å². The van der Waals surface area contributed by atoms with Crippen LogP contribution < -0.4 is 4.74 Å². The van der Waals surface area contributed by atoms with Crippen LogP contribution >= 0.6 is 15.9 Å². The number of aryl methyl sites for hydroxylation is 3. The van der Waals surface area contributed by atoms with Gasteiger partial charge in [0, 0.05) is 13.6 Å². The third-order valence-electron chi connectivity index (χ3n) is 2.81. The summed E-state index contributed by atoms with van der Waals surface area (Å²) in [6, 6.07) is 0. The van der Waals surface area contributed by atoms with E-state index in [0.29, 0.717) is 6.61 Å². The average molecular weight is 313 g/mol. The Kier molecular flexibility index (Phi) is 4.06. The van der Waals surface area contributed by atoms with Crippen molar-refractivity contribution in [2.75, 3.05) is 0 Å². The van der Waals surface area contributed by atoms with Gasteiger partial charge in [0.25, 0.3) is 0 Å². The first-order valence-corrected chi connectivity index (χ1v) is 6.80. The summed E-state index contributed by atoms with van der Waals surface area (Å²) < 4.78 is 10.4. The van der Waals surface area contributed by atoms with Crippen LogP contribution in [0.3, 0.4) is 0 Å². The van der Waals surface area contributed by atoms with Gasteiger partial charge in [-0.05, 0) is 29.3 Å². The van der Waals surface area contributed by atoms with Crippen molar-refractivity contribution in [3.8, 4) is 5.75 Å². The molecule has 0 aromatic carbocycles. The molecule has 0 atom stereocenters. The number of rotatable bonds is 5. The van der Waals surface area contributed by atoms with E-state index < -0.39 is 0 Å². The quantitative estimate of drug-likeness (QED) is 0.852. The Labute approximate surface area is 115 Å². The van der Waals surface area contributed by atoms with Gasteiger partial charge in [-0.3, -0.25) is 9.36 Å². The molecule has 0 aliphatic heterocycles. The monoisotopic (exact) mass is 312 g/mol. The summed E-state index contributed by atoms with van der Waals surface area (Å²) in [5.74, 6) is 0.781. The lowest BCUT2D eigenvalue weighted by Crippen LogP contribution is -2.03. The number of aromatic nitrogens is 4. The van der Waals surface area contributed by atoms with Gasteiger partial charge >= 0.3 is 0 Å². The highest BCUT2D eigenvalue weighted by Crippen LogP contribution is 2.23. The van der Waals surface area contributed by atoms with Crippen molar-refractivity contribution in [1.82, 2.24) is 19.6 Å². The fourth-order valence-electron chi connectivity index (χ4n) is 1.72. The molecule has 2 heterocycles. The molecule has 0 unspecified atom stereocenters. The Morgan fingerprint density at radius 1 is 1.39 bits per heavy atom. The van der Waals surface area contributed by atoms with E-state index >= 15 is 0 Å². The molecule has 0 saturated heterocycles. The molecule has 6 heteroatoms. The number of hydrogen-bond donors (Lipinski definition) is 0. The Hall–Kier alpha value is -1.30. The fourth-order valence-corrected chi connectivity index (χ4v) is 2.45. The van der Waals surface area contributed by atoms with Gasteiger partial charge in [0.2, 0.25) is 0 Å². The first-order chi connectivity index (χ1) is 8.65. The van der Waals surface area contributed by atoms with Gasteiger partial charge in [0.05, 0.1) is 28.3 Å². The van der Waals surface area contributed by atoms with Crippen molar-refractivity contribution in [2.45, 2.75) is 33.4 Å². The summed E-state index contributed by atoms with van der Waals surface area (Å²) in [4.78, 5) is 0.